The molecule has 0 aromatic carbocycles. The zero-order chi connectivity index (χ0) is 14.4. The van der Waals surface area contributed by atoms with E-state index < -0.39 is 0 Å². The predicted molar refractivity (Wildman–Crippen MR) is 82.8 cm³/mol. The lowest BCUT2D eigenvalue weighted by molar-refractivity contribution is 0.0946. The van der Waals surface area contributed by atoms with Crippen molar-refractivity contribution in [2.24, 2.45) is 0 Å². The van der Waals surface area contributed by atoms with E-state index in [-0.39, 0.29) is 6.10 Å². The summed E-state index contributed by atoms with van der Waals surface area (Å²) in [6, 6.07) is 0.499. The molecular weight excluding hydrogens is 256 g/mol. The number of hydrogen-bond donors (Lipinski definition) is 1. The van der Waals surface area contributed by atoms with Gasteiger partial charge in [0.2, 0.25) is 0 Å². The first-order valence-electron chi connectivity index (χ1n) is 7.25. The summed E-state index contributed by atoms with van der Waals surface area (Å²) in [7, 11) is 1.78. The third kappa shape index (κ3) is 4.86. The highest BCUT2D eigenvalue weighted by Gasteiger charge is 2.19. The molecular formula is C15H28N2OS. The van der Waals surface area contributed by atoms with E-state index in [9.17, 15) is 0 Å². The molecule has 0 amide bonds. The lowest BCUT2D eigenvalue weighted by Crippen LogP contribution is -2.22. The van der Waals surface area contributed by atoms with E-state index in [1.807, 2.05) is 0 Å². The average molecular weight is 284 g/mol. The van der Waals surface area contributed by atoms with Crippen LogP contribution >= 0.6 is 11.3 Å². The zero-order valence-corrected chi connectivity index (χ0v) is 13.9. The summed E-state index contributed by atoms with van der Waals surface area (Å²) in [5, 5.41) is 4.62. The van der Waals surface area contributed by atoms with Crippen molar-refractivity contribution in [3.8, 4) is 0 Å². The highest BCUT2D eigenvalue weighted by Crippen LogP contribution is 2.32. The smallest absolute Gasteiger partial charge is 0.122 e. The standard InChI is InChI=1S/C15H28N2OS/c1-7-8-12(18-6)15-17-14(10(2)3)13(19-15)9-16-11(4)5/h10-12,16H,7-9H2,1-6H3. The minimum absolute atomic E-state index is 0.153. The molecule has 110 valence electrons. The summed E-state index contributed by atoms with van der Waals surface area (Å²) in [5.41, 5.74) is 1.23. The van der Waals surface area contributed by atoms with Gasteiger partial charge in [0.05, 0.1) is 5.69 Å². The maximum atomic E-state index is 5.58. The summed E-state index contributed by atoms with van der Waals surface area (Å²) in [6.45, 7) is 11.9. The van der Waals surface area contributed by atoms with Crippen LogP contribution in [-0.4, -0.2) is 18.1 Å². The van der Waals surface area contributed by atoms with Crippen LogP contribution < -0.4 is 5.32 Å². The van der Waals surface area contributed by atoms with Gasteiger partial charge in [0.15, 0.2) is 0 Å². The molecule has 1 rings (SSSR count). The van der Waals surface area contributed by atoms with Gasteiger partial charge in [-0.25, -0.2) is 4.98 Å². The van der Waals surface area contributed by atoms with Crippen molar-refractivity contribution in [2.45, 2.75) is 72.1 Å². The molecule has 0 aliphatic rings. The predicted octanol–water partition coefficient (Wildman–Crippen LogP) is 4.25. The van der Waals surface area contributed by atoms with Crippen LogP contribution in [0.4, 0.5) is 0 Å². The molecule has 1 unspecified atom stereocenters. The Morgan fingerprint density at radius 2 is 1.95 bits per heavy atom. The van der Waals surface area contributed by atoms with Crippen molar-refractivity contribution in [3.63, 3.8) is 0 Å². The largest absolute Gasteiger partial charge is 0.374 e. The summed E-state index contributed by atoms with van der Waals surface area (Å²) < 4.78 is 5.58. The first-order valence-corrected chi connectivity index (χ1v) is 8.06. The third-order valence-electron chi connectivity index (χ3n) is 3.07. The third-order valence-corrected chi connectivity index (χ3v) is 4.24. The van der Waals surface area contributed by atoms with Crippen LogP contribution in [0.2, 0.25) is 0 Å². The van der Waals surface area contributed by atoms with Gasteiger partial charge in [0, 0.05) is 24.6 Å². The first-order chi connectivity index (χ1) is 8.99. The van der Waals surface area contributed by atoms with Crippen LogP contribution in [0.15, 0.2) is 0 Å². The number of nitrogens with zero attached hydrogens (tertiary/aromatic N) is 1. The Labute approximate surface area is 121 Å². The van der Waals surface area contributed by atoms with E-state index in [2.05, 4.69) is 39.9 Å². The Morgan fingerprint density at radius 3 is 2.42 bits per heavy atom. The highest BCUT2D eigenvalue weighted by molar-refractivity contribution is 7.11. The van der Waals surface area contributed by atoms with Gasteiger partial charge in [-0.2, -0.15) is 0 Å². The van der Waals surface area contributed by atoms with E-state index in [4.69, 9.17) is 9.72 Å². The number of hydrogen-bond acceptors (Lipinski definition) is 4. The molecule has 0 bridgehead atoms. The number of ether oxygens (including phenoxy) is 1. The van der Waals surface area contributed by atoms with Gasteiger partial charge < -0.3 is 10.1 Å². The lowest BCUT2D eigenvalue weighted by atomic mass is 10.1. The first kappa shape index (κ1) is 16.6. The quantitative estimate of drug-likeness (QED) is 0.775. The van der Waals surface area contributed by atoms with Gasteiger partial charge in [0.25, 0.3) is 0 Å². The molecule has 0 spiro atoms. The number of methoxy groups -OCH3 is 1. The Bertz CT molecular complexity index is 374. The maximum absolute atomic E-state index is 5.58. The van der Waals surface area contributed by atoms with Crippen molar-refractivity contribution in [1.29, 1.82) is 0 Å². The van der Waals surface area contributed by atoms with Gasteiger partial charge in [0.1, 0.15) is 11.1 Å². The van der Waals surface area contributed by atoms with Crippen molar-refractivity contribution < 1.29 is 4.74 Å². The van der Waals surface area contributed by atoms with Gasteiger partial charge in [-0.1, -0.05) is 41.0 Å². The van der Waals surface area contributed by atoms with Crippen LogP contribution in [-0.2, 0) is 11.3 Å². The molecule has 1 aromatic heterocycles. The minimum Gasteiger partial charge on any atom is -0.374 e. The molecule has 0 aliphatic heterocycles. The number of aromatic nitrogens is 1. The number of thiazole rings is 1. The van der Waals surface area contributed by atoms with Crippen molar-refractivity contribution in [1.82, 2.24) is 10.3 Å². The van der Waals surface area contributed by atoms with E-state index in [0.717, 1.165) is 24.4 Å². The van der Waals surface area contributed by atoms with Crippen LogP contribution in [0.25, 0.3) is 0 Å². The fourth-order valence-electron chi connectivity index (χ4n) is 2.00. The second-order valence-electron chi connectivity index (χ2n) is 5.56. The summed E-state index contributed by atoms with van der Waals surface area (Å²) in [4.78, 5) is 6.19. The van der Waals surface area contributed by atoms with Crippen LogP contribution in [0, 0.1) is 0 Å². The molecule has 0 saturated carbocycles. The Balaban J connectivity index is 2.92. The molecule has 4 heteroatoms. The highest BCUT2D eigenvalue weighted by atomic mass is 32.1. The molecule has 19 heavy (non-hydrogen) atoms. The van der Waals surface area contributed by atoms with E-state index in [1.54, 1.807) is 18.4 Å². The molecule has 0 fully saturated rings. The second kappa shape index (κ2) is 7.98. The van der Waals surface area contributed by atoms with Crippen molar-refractivity contribution >= 4 is 11.3 Å². The maximum Gasteiger partial charge on any atom is 0.122 e. The summed E-state index contributed by atoms with van der Waals surface area (Å²) in [6.07, 6.45) is 2.31. The summed E-state index contributed by atoms with van der Waals surface area (Å²) in [5.74, 6) is 0.466. The Morgan fingerprint density at radius 1 is 1.26 bits per heavy atom. The normalized spacial score (nSPS) is 13.5. The van der Waals surface area contributed by atoms with Gasteiger partial charge >= 0.3 is 0 Å². The molecule has 1 N–H and O–H groups in total. The minimum atomic E-state index is 0.153. The van der Waals surface area contributed by atoms with Crippen molar-refractivity contribution in [3.05, 3.63) is 15.6 Å². The molecule has 1 atom stereocenters. The average Bonchev–Trinajstić information content (AvgIpc) is 2.77. The Kier molecular flexibility index (Phi) is 6.97. The fourth-order valence-corrected chi connectivity index (χ4v) is 3.28. The van der Waals surface area contributed by atoms with Gasteiger partial charge in [-0.15, -0.1) is 11.3 Å². The van der Waals surface area contributed by atoms with Gasteiger partial charge in [-0.3, -0.25) is 0 Å². The Hall–Kier alpha value is -0.450. The van der Waals surface area contributed by atoms with Crippen LogP contribution in [0.5, 0.6) is 0 Å². The monoisotopic (exact) mass is 284 g/mol. The molecule has 1 heterocycles. The van der Waals surface area contributed by atoms with E-state index in [1.165, 1.54) is 10.6 Å². The molecule has 1 aromatic rings. The van der Waals surface area contributed by atoms with E-state index in [0.29, 0.717) is 12.0 Å². The molecule has 0 radical (unpaired) electrons. The second-order valence-corrected chi connectivity index (χ2v) is 6.68. The SMILES string of the molecule is CCCC(OC)c1nc(C(C)C)c(CNC(C)C)s1. The zero-order valence-electron chi connectivity index (χ0n) is 13.1. The van der Waals surface area contributed by atoms with Crippen molar-refractivity contribution in [2.75, 3.05) is 7.11 Å². The topological polar surface area (TPSA) is 34.1 Å². The van der Waals surface area contributed by atoms with Crippen LogP contribution in [0.1, 0.15) is 75.1 Å². The molecule has 3 nitrogen and oxygen atoms in total. The van der Waals surface area contributed by atoms with Gasteiger partial charge in [-0.05, 0) is 12.3 Å². The molecule has 0 saturated heterocycles. The van der Waals surface area contributed by atoms with E-state index >= 15 is 0 Å². The fraction of sp³-hybridized carbons (Fsp3) is 0.800. The summed E-state index contributed by atoms with van der Waals surface area (Å²) >= 11 is 1.80. The number of rotatable bonds is 8. The molecule has 0 aliphatic carbocycles. The number of nitrogens with one attached hydrogen (secondary N) is 1. The van der Waals surface area contributed by atoms with Crippen LogP contribution in [0.3, 0.4) is 0 Å². The lowest BCUT2D eigenvalue weighted by Gasteiger charge is -2.10.